The molecule has 0 radical (unpaired) electrons. The van der Waals surface area contributed by atoms with Gasteiger partial charge in [-0.1, -0.05) is 0 Å². The number of likely N-dealkylation sites (tertiary alicyclic amines) is 1. The molecule has 0 saturated carbocycles. The first-order chi connectivity index (χ1) is 18.2. The zero-order valence-corrected chi connectivity index (χ0v) is 21.8. The average Bonchev–Trinajstić information content (AvgIpc) is 2.87. The minimum Gasteiger partial charge on any atom is -0.497 e. The van der Waals surface area contributed by atoms with Crippen LogP contribution in [0.3, 0.4) is 0 Å². The number of pyridine rings is 1. The van der Waals surface area contributed by atoms with Crippen molar-refractivity contribution in [2.24, 2.45) is 5.41 Å². The molecule has 38 heavy (non-hydrogen) atoms. The van der Waals surface area contributed by atoms with Crippen molar-refractivity contribution in [3.05, 3.63) is 65.1 Å². The van der Waals surface area contributed by atoms with E-state index < -0.39 is 23.4 Å². The van der Waals surface area contributed by atoms with Gasteiger partial charge in [-0.2, -0.15) is 0 Å². The van der Waals surface area contributed by atoms with E-state index in [4.69, 9.17) is 4.74 Å². The van der Waals surface area contributed by atoms with Crippen LogP contribution in [0.4, 0.5) is 18.9 Å². The first kappa shape index (κ1) is 27.7. The molecule has 1 fully saturated rings. The van der Waals surface area contributed by atoms with Gasteiger partial charge in [0.25, 0.3) is 0 Å². The summed E-state index contributed by atoms with van der Waals surface area (Å²) in [5, 5.41) is 13.4. The highest BCUT2D eigenvalue weighted by Gasteiger charge is 2.36. The number of nitrogens with one attached hydrogen (secondary N) is 1. The Morgan fingerprint density at radius 3 is 2.53 bits per heavy atom. The summed E-state index contributed by atoms with van der Waals surface area (Å²) in [6, 6.07) is 7.16. The molecule has 0 unspecified atom stereocenters. The molecule has 3 aromatic rings. The van der Waals surface area contributed by atoms with Crippen LogP contribution in [-0.4, -0.2) is 54.2 Å². The first-order valence-electron chi connectivity index (χ1n) is 12.9. The van der Waals surface area contributed by atoms with Crippen molar-refractivity contribution < 1.29 is 27.8 Å². The Bertz CT molecular complexity index is 1270. The molecule has 0 amide bonds. The summed E-state index contributed by atoms with van der Waals surface area (Å²) in [4.78, 5) is 18.5. The van der Waals surface area contributed by atoms with Crippen molar-refractivity contribution in [2.45, 2.75) is 45.4 Å². The molecular formula is C29H34F3N3O3. The summed E-state index contributed by atoms with van der Waals surface area (Å²) in [6.07, 6.45) is 5.95. The second kappa shape index (κ2) is 12.0. The molecule has 2 aromatic carbocycles. The highest BCUT2D eigenvalue weighted by molar-refractivity contribution is 5.84. The van der Waals surface area contributed by atoms with Gasteiger partial charge in [-0.05, 0) is 86.9 Å². The number of carbonyl (C=O) groups is 1. The second-order valence-electron chi connectivity index (χ2n) is 10.2. The Balaban J connectivity index is 1.35. The van der Waals surface area contributed by atoms with Crippen LogP contribution in [0.2, 0.25) is 0 Å². The number of nitrogens with zero attached hydrogens (tertiary/aromatic N) is 2. The van der Waals surface area contributed by atoms with Gasteiger partial charge in [0.2, 0.25) is 0 Å². The van der Waals surface area contributed by atoms with Gasteiger partial charge in [0.1, 0.15) is 17.3 Å². The van der Waals surface area contributed by atoms with Crippen molar-refractivity contribution in [2.75, 3.05) is 38.6 Å². The number of hydrogen-bond acceptors (Lipinski definition) is 5. The molecule has 1 aromatic heterocycles. The van der Waals surface area contributed by atoms with Gasteiger partial charge in [0, 0.05) is 36.8 Å². The number of benzene rings is 2. The molecule has 0 spiro atoms. The molecule has 2 N–H and O–H groups in total. The third-order valence-electron chi connectivity index (χ3n) is 7.72. The third kappa shape index (κ3) is 6.56. The Morgan fingerprint density at radius 1 is 1.16 bits per heavy atom. The van der Waals surface area contributed by atoms with Crippen LogP contribution in [0, 0.1) is 29.8 Å². The SMILES string of the molecule is COc1ccc2ncc(C)c(CCCC3(CC(=O)O)CCN(CCNc4c(F)cc(F)cc4F)CC3)c2c1. The predicted molar refractivity (Wildman–Crippen MR) is 141 cm³/mol. The fourth-order valence-electron chi connectivity index (χ4n) is 5.56. The monoisotopic (exact) mass is 529 g/mol. The lowest BCUT2D eigenvalue weighted by molar-refractivity contribution is -0.140. The van der Waals surface area contributed by atoms with Gasteiger partial charge in [-0.15, -0.1) is 0 Å². The molecule has 204 valence electrons. The van der Waals surface area contributed by atoms with Gasteiger partial charge in [0.05, 0.1) is 19.0 Å². The molecule has 1 aliphatic rings. The van der Waals surface area contributed by atoms with Crippen LogP contribution < -0.4 is 10.1 Å². The molecule has 0 aliphatic carbocycles. The number of aromatic nitrogens is 1. The highest BCUT2D eigenvalue weighted by Crippen LogP contribution is 2.40. The van der Waals surface area contributed by atoms with E-state index in [1.54, 1.807) is 7.11 Å². The number of methoxy groups -OCH3 is 1. The lowest BCUT2D eigenvalue weighted by Crippen LogP contribution is -2.43. The maximum Gasteiger partial charge on any atom is 0.303 e. The number of aryl methyl sites for hydroxylation is 2. The molecular weight excluding hydrogens is 495 g/mol. The fraction of sp³-hybridized carbons (Fsp3) is 0.448. The van der Waals surface area contributed by atoms with Crippen LogP contribution in [0.25, 0.3) is 10.9 Å². The number of halogens is 3. The number of hydrogen-bond donors (Lipinski definition) is 2. The highest BCUT2D eigenvalue weighted by atomic mass is 19.1. The maximum atomic E-state index is 13.9. The molecule has 0 bridgehead atoms. The minimum atomic E-state index is -0.961. The number of carboxylic acids is 1. The lowest BCUT2D eigenvalue weighted by Gasteiger charge is -2.41. The molecule has 9 heteroatoms. The van der Waals surface area contributed by atoms with Gasteiger partial charge in [-0.25, -0.2) is 13.2 Å². The molecule has 2 heterocycles. The Labute approximate surface area is 220 Å². The van der Waals surface area contributed by atoms with Gasteiger partial charge < -0.3 is 20.1 Å². The van der Waals surface area contributed by atoms with E-state index in [1.165, 1.54) is 5.56 Å². The van der Waals surface area contributed by atoms with E-state index in [9.17, 15) is 23.1 Å². The Kier molecular flexibility index (Phi) is 8.76. The fourth-order valence-corrected chi connectivity index (χ4v) is 5.56. The quantitative estimate of drug-likeness (QED) is 0.319. The third-order valence-corrected chi connectivity index (χ3v) is 7.72. The van der Waals surface area contributed by atoms with Crippen LogP contribution in [-0.2, 0) is 11.2 Å². The zero-order valence-electron chi connectivity index (χ0n) is 21.8. The van der Waals surface area contributed by atoms with Crippen LogP contribution in [0.15, 0.2) is 36.5 Å². The van der Waals surface area contributed by atoms with E-state index in [0.29, 0.717) is 38.3 Å². The van der Waals surface area contributed by atoms with E-state index in [0.717, 1.165) is 54.3 Å². The molecule has 1 aliphatic heterocycles. The van der Waals surface area contributed by atoms with Crippen LogP contribution in [0.5, 0.6) is 5.75 Å². The lowest BCUT2D eigenvalue weighted by atomic mass is 9.72. The van der Waals surface area contributed by atoms with Crippen molar-refractivity contribution >= 4 is 22.6 Å². The topological polar surface area (TPSA) is 74.7 Å². The van der Waals surface area contributed by atoms with Crippen molar-refractivity contribution in [1.82, 2.24) is 9.88 Å². The van der Waals surface area contributed by atoms with E-state index in [-0.39, 0.29) is 17.5 Å². The molecule has 1 saturated heterocycles. The van der Waals surface area contributed by atoms with Crippen LogP contribution >= 0.6 is 0 Å². The largest absolute Gasteiger partial charge is 0.497 e. The Hall–Kier alpha value is -3.33. The summed E-state index contributed by atoms with van der Waals surface area (Å²) >= 11 is 0. The number of aliphatic carboxylic acids is 1. The van der Waals surface area contributed by atoms with E-state index in [1.807, 2.05) is 31.3 Å². The van der Waals surface area contributed by atoms with Crippen LogP contribution in [0.1, 0.15) is 43.2 Å². The molecule has 0 atom stereocenters. The number of ether oxygens (including phenoxy) is 1. The summed E-state index contributed by atoms with van der Waals surface area (Å²) in [5.41, 5.74) is 2.60. The summed E-state index contributed by atoms with van der Waals surface area (Å²) < 4.78 is 46.3. The van der Waals surface area contributed by atoms with Crippen molar-refractivity contribution in [3.63, 3.8) is 0 Å². The predicted octanol–water partition coefficient (Wildman–Crippen LogP) is 5.96. The number of anilines is 1. The number of carboxylic acid groups (broad SMARTS) is 1. The van der Waals surface area contributed by atoms with E-state index in [2.05, 4.69) is 15.2 Å². The van der Waals surface area contributed by atoms with Gasteiger partial charge in [-0.3, -0.25) is 9.78 Å². The number of rotatable bonds is 11. The normalized spacial score (nSPS) is 15.5. The summed E-state index contributed by atoms with van der Waals surface area (Å²) in [5.74, 6) is -2.89. The number of fused-ring (bicyclic) bond motifs is 1. The second-order valence-corrected chi connectivity index (χ2v) is 10.2. The number of piperidine rings is 1. The Morgan fingerprint density at radius 2 is 1.87 bits per heavy atom. The first-order valence-corrected chi connectivity index (χ1v) is 12.9. The summed E-state index contributed by atoms with van der Waals surface area (Å²) in [7, 11) is 1.64. The standard InChI is InChI=1S/C29H34F3N3O3/c1-19-18-34-26-6-5-21(38-2)16-23(26)22(19)4-3-7-29(17-27(36)37)8-11-35(12-9-29)13-10-33-28-24(31)14-20(30)15-25(28)32/h5-6,14-16,18,33H,3-4,7-13,17H2,1-2H3,(H,36,37). The van der Waals surface area contributed by atoms with Crippen molar-refractivity contribution in [3.8, 4) is 5.75 Å². The van der Waals surface area contributed by atoms with Gasteiger partial charge in [0.15, 0.2) is 11.6 Å². The molecule has 6 nitrogen and oxygen atoms in total. The smallest absolute Gasteiger partial charge is 0.303 e. The van der Waals surface area contributed by atoms with Crippen molar-refractivity contribution in [1.29, 1.82) is 0 Å². The maximum absolute atomic E-state index is 13.9. The van der Waals surface area contributed by atoms with Gasteiger partial charge >= 0.3 is 5.97 Å². The zero-order chi connectivity index (χ0) is 27.3. The summed E-state index contributed by atoms with van der Waals surface area (Å²) in [6.45, 7) is 4.30. The average molecular weight is 530 g/mol. The molecule has 4 rings (SSSR count). The minimum absolute atomic E-state index is 0.120. The van der Waals surface area contributed by atoms with E-state index >= 15 is 0 Å².